The molecule has 0 spiro atoms. The number of aliphatic hydroxyl groups is 1. The highest BCUT2D eigenvalue weighted by Gasteiger charge is 2.50. The zero-order valence-corrected chi connectivity index (χ0v) is 18.4. The summed E-state index contributed by atoms with van der Waals surface area (Å²) in [5.41, 5.74) is 0.885. The van der Waals surface area contributed by atoms with E-state index in [1.165, 1.54) is 6.26 Å². The van der Waals surface area contributed by atoms with E-state index in [4.69, 9.17) is 9.26 Å². The van der Waals surface area contributed by atoms with Gasteiger partial charge in [-0.15, -0.1) is 0 Å². The summed E-state index contributed by atoms with van der Waals surface area (Å²) in [5.74, 6) is -0.498. The van der Waals surface area contributed by atoms with Gasteiger partial charge in [0, 0.05) is 30.0 Å². The lowest BCUT2D eigenvalue weighted by Crippen LogP contribution is -2.54. The second kappa shape index (κ2) is 8.13. The predicted octanol–water partition coefficient (Wildman–Crippen LogP) is 2.68. The third-order valence-electron chi connectivity index (χ3n) is 6.92. The van der Waals surface area contributed by atoms with Crippen LogP contribution in [0.3, 0.4) is 0 Å². The van der Waals surface area contributed by atoms with Crippen molar-refractivity contribution in [1.82, 2.24) is 5.16 Å². The first-order valence-corrected chi connectivity index (χ1v) is 11.1. The molecule has 0 bridgehead atoms. The molecule has 2 heterocycles. The van der Waals surface area contributed by atoms with E-state index in [1.54, 1.807) is 30.3 Å². The molecule has 8 nitrogen and oxygen atoms in total. The molecule has 2 aliphatic rings. The molecule has 0 radical (unpaired) electrons. The van der Waals surface area contributed by atoms with Crippen LogP contribution in [0.15, 0.2) is 65.4 Å². The Bertz CT molecular complexity index is 1150. The molecule has 2 N–H and O–H groups in total. The van der Waals surface area contributed by atoms with E-state index in [2.05, 4.69) is 10.5 Å². The molecular weight excluding hydrogens is 422 g/mol. The molecule has 5 rings (SSSR count). The SMILES string of the molecule is C[N+]1(CC(=O)Nc2ccon2)CCC[C@@H]1COC(=O)C1(O)c2ccccc2-c2ccccc21. The number of aromatic nitrogens is 1. The number of benzene rings is 2. The van der Waals surface area contributed by atoms with Gasteiger partial charge >= 0.3 is 5.97 Å². The molecule has 1 aromatic heterocycles. The maximum atomic E-state index is 13.3. The molecule has 1 aliphatic heterocycles. The Morgan fingerprint density at radius 2 is 1.82 bits per heavy atom. The van der Waals surface area contributed by atoms with Crippen LogP contribution in [0.1, 0.15) is 24.0 Å². The lowest BCUT2D eigenvalue weighted by atomic mass is 9.91. The Morgan fingerprint density at radius 1 is 1.15 bits per heavy atom. The maximum absolute atomic E-state index is 13.3. The number of esters is 1. The topological polar surface area (TPSA) is 102 Å². The van der Waals surface area contributed by atoms with Crippen molar-refractivity contribution in [2.24, 2.45) is 0 Å². The Labute approximate surface area is 191 Å². The smallest absolute Gasteiger partial charge is 0.347 e. The van der Waals surface area contributed by atoms with Gasteiger partial charge in [0.2, 0.25) is 5.60 Å². The third-order valence-corrected chi connectivity index (χ3v) is 6.92. The number of fused-ring (bicyclic) bond motifs is 3. The lowest BCUT2D eigenvalue weighted by Gasteiger charge is -2.35. The zero-order chi connectivity index (χ0) is 23.1. The summed E-state index contributed by atoms with van der Waals surface area (Å²) in [5, 5.41) is 18.0. The van der Waals surface area contributed by atoms with E-state index in [9.17, 15) is 14.7 Å². The molecule has 1 fully saturated rings. The summed E-state index contributed by atoms with van der Waals surface area (Å²) >= 11 is 0. The van der Waals surface area contributed by atoms with Crippen molar-refractivity contribution in [3.8, 4) is 11.1 Å². The molecule has 1 saturated heterocycles. The van der Waals surface area contributed by atoms with Crippen LogP contribution in [0, 0.1) is 0 Å². The summed E-state index contributed by atoms with van der Waals surface area (Å²) in [6.45, 7) is 1.15. The molecule has 170 valence electrons. The van der Waals surface area contributed by atoms with E-state index in [-0.39, 0.29) is 25.1 Å². The standard InChI is InChI=1S/C25H25N3O5/c1-28(15-23(29)26-22-12-14-33-27-22)13-6-7-17(28)16-32-24(30)25(31)20-10-4-2-8-18(20)19-9-3-5-11-21(19)25/h2-5,8-12,14,17,31H,6-7,13,15-16H2,1H3/p+1/t17-,28?/m1/s1. The first-order chi connectivity index (χ1) is 15.9. The van der Waals surface area contributed by atoms with Crippen molar-refractivity contribution in [2.75, 3.05) is 32.1 Å². The van der Waals surface area contributed by atoms with Crippen molar-refractivity contribution < 1.29 is 28.4 Å². The molecule has 1 aliphatic carbocycles. The average Bonchev–Trinajstić information content (AvgIpc) is 3.51. The van der Waals surface area contributed by atoms with E-state index in [1.807, 2.05) is 31.3 Å². The van der Waals surface area contributed by atoms with Gasteiger partial charge in [-0.3, -0.25) is 4.79 Å². The summed E-state index contributed by atoms with van der Waals surface area (Å²) in [6.07, 6.45) is 3.15. The third kappa shape index (κ3) is 3.61. The van der Waals surface area contributed by atoms with Crippen molar-refractivity contribution in [2.45, 2.75) is 24.5 Å². The van der Waals surface area contributed by atoms with Crippen molar-refractivity contribution in [3.05, 3.63) is 72.0 Å². The first-order valence-electron chi connectivity index (χ1n) is 11.1. The van der Waals surface area contributed by atoms with Crippen LogP contribution in [0.4, 0.5) is 5.82 Å². The highest BCUT2D eigenvalue weighted by molar-refractivity contribution is 5.96. The predicted molar refractivity (Wildman–Crippen MR) is 120 cm³/mol. The van der Waals surface area contributed by atoms with Gasteiger partial charge in [-0.25, -0.2) is 4.79 Å². The van der Waals surface area contributed by atoms with Gasteiger partial charge in [0.25, 0.3) is 5.91 Å². The minimum Gasteiger partial charge on any atom is -0.457 e. The largest absolute Gasteiger partial charge is 0.457 e. The van der Waals surface area contributed by atoms with Gasteiger partial charge in [0.1, 0.15) is 18.9 Å². The molecule has 33 heavy (non-hydrogen) atoms. The maximum Gasteiger partial charge on any atom is 0.347 e. The fourth-order valence-electron chi connectivity index (χ4n) is 5.15. The van der Waals surface area contributed by atoms with Crippen LogP contribution in [0.2, 0.25) is 0 Å². The number of carbonyl (C=O) groups is 2. The number of ether oxygens (including phenoxy) is 1. The lowest BCUT2D eigenvalue weighted by molar-refractivity contribution is -0.913. The molecule has 8 heteroatoms. The molecule has 2 atom stereocenters. The highest BCUT2D eigenvalue weighted by atomic mass is 16.6. The number of rotatable bonds is 6. The number of nitrogens with zero attached hydrogens (tertiary/aromatic N) is 2. The molecule has 1 amide bonds. The second-order valence-electron chi connectivity index (χ2n) is 8.99. The van der Waals surface area contributed by atoms with E-state index in [0.29, 0.717) is 21.4 Å². The van der Waals surface area contributed by atoms with Crippen LogP contribution in [-0.4, -0.2) is 59.4 Å². The number of likely N-dealkylation sites (tertiary alicyclic amines) is 1. The summed E-state index contributed by atoms with van der Waals surface area (Å²) in [6, 6.07) is 16.3. The van der Waals surface area contributed by atoms with Crippen LogP contribution in [0.25, 0.3) is 11.1 Å². The Hall–Kier alpha value is -3.49. The Morgan fingerprint density at radius 3 is 2.45 bits per heavy atom. The van der Waals surface area contributed by atoms with Crippen LogP contribution in [-0.2, 0) is 19.9 Å². The van der Waals surface area contributed by atoms with Gasteiger partial charge < -0.3 is 24.2 Å². The monoisotopic (exact) mass is 448 g/mol. The fourth-order valence-corrected chi connectivity index (χ4v) is 5.15. The number of amides is 1. The van der Waals surface area contributed by atoms with E-state index >= 15 is 0 Å². The normalized spacial score (nSPS) is 22.4. The molecule has 2 aromatic carbocycles. The van der Waals surface area contributed by atoms with Crippen molar-refractivity contribution in [3.63, 3.8) is 0 Å². The van der Waals surface area contributed by atoms with Gasteiger partial charge in [-0.05, 0) is 11.1 Å². The fraction of sp³-hybridized carbons (Fsp3) is 0.320. The number of hydrogen-bond donors (Lipinski definition) is 2. The second-order valence-corrected chi connectivity index (χ2v) is 8.99. The quantitative estimate of drug-likeness (QED) is 0.444. The minimum absolute atomic E-state index is 0.0486. The Kier molecular flexibility index (Phi) is 5.26. The molecular formula is C25H26N3O5+. The van der Waals surface area contributed by atoms with E-state index in [0.717, 1.165) is 30.5 Å². The number of hydrogen-bond acceptors (Lipinski definition) is 6. The van der Waals surface area contributed by atoms with Gasteiger partial charge in [0.05, 0.1) is 13.6 Å². The summed E-state index contributed by atoms with van der Waals surface area (Å²) in [4.78, 5) is 25.9. The van der Waals surface area contributed by atoms with Crippen LogP contribution < -0.4 is 5.32 Å². The van der Waals surface area contributed by atoms with Crippen LogP contribution in [0.5, 0.6) is 0 Å². The highest BCUT2D eigenvalue weighted by Crippen LogP contribution is 2.48. The summed E-state index contributed by atoms with van der Waals surface area (Å²) < 4.78 is 10.9. The van der Waals surface area contributed by atoms with Crippen molar-refractivity contribution >= 4 is 17.7 Å². The van der Waals surface area contributed by atoms with Crippen molar-refractivity contribution in [1.29, 1.82) is 0 Å². The minimum atomic E-state index is -1.85. The number of carbonyl (C=O) groups excluding carboxylic acids is 2. The Balaban J connectivity index is 1.31. The summed E-state index contributed by atoms with van der Waals surface area (Å²) in [7, 11) is 1.99. The number of nitrogens with one attached hydrogen (secondary N) is 1. The van der Waals surface area contributed by atoms with E-state index < -0.39 is 11.6 Å². The van der Waals surface area contributed by atoms with Crippen LogP contribution >= 0.6 is 0 Å². The number of quaternary nitrogens is 1. The van der Waals surface area contributed by atoms with Gasteiger partial charge in [0.15, 0.2) is 12.4 Å². The zero-order valence-electron chi connectivity index (χ0n) is 18.4. The molecule has 0 saturated carbocycles. The average molecular weight is 448 g/mol. The first kappa shape index (κ1) is 21.4. The van der Waals surface area contributed by atoms with Gasteiger partial charge in [-0.1, -0.05) is 53.7 Å². The number of anilines is 1. The molecule has 1 unspecified atom stereocenters. The van der Waals surface area contributed by atoms with Gasteiger partial charge in [-0.2, -0.15) is 0 Å². The molecule has 3 aromatic rings. The number of likely N-dealkylation sites (N-methyl/N-ethyl adjacent to an activating group) is 1.